The second-order valence-electron chi connectivity index (χ2n) is 4.34. The Kier molecular flexibility index (Phi) is 4.28. The number of nitrogens with zero attached hydrogens (tertiary/aromatic N) is 1. The van der Waals surface area contributed by atoms with Gasteiger partial charge in [-0.25, -0.2) is 0 Å². The summed E-state index contributed by atoms with van der Waals surface area (Å²) in [6, 6.07) is 4.10. The van der Waals surface area contributed by atoms with E-state index in [4.69, 9.17) is 5.26 Å². The molecule has 0 saturated carbocycles. The first kappa shape index (κ1) is 13.2. The average Bonchev–Trinajstić information content (AvgIpc) is 2.29. The zero-order valence-corrected chi connectivity index (χ0v) is 10.8. The Bertz CT molecular complexity index is 458. The number of aryl methyl sites for hydroxylation is 2. The van der Waals surface area contributed by atoms with Gasteiger partial charge in [-0.15, -0.1) is 0 Å². The second kappa shape index (κ2) is 5.49. The molecule has 0 aliphatic heterocycles. The van der Waals surface area contributed by atoms with Gasteiger partial charge in [0.2, 0.25) is 5.91 Å². The van der Waals surface area contributed by atoms with E-state index >= 15 is 0 Å². The number of nitrogens with one attached hydrogen (secondary N) is 1. The minimum Gasteiger partial charge on any atom is -0.326 e. The molecule has 1 aromatic carbocycles. The number of carbonyl (C=O) groups is 1. The molecular formula is C14H18N2O. The second-order valence-corrected chi connectivity index (χ2v) is 4.34. The lowest BCUT2D eigenvalue weighted by molar-refractivity contribution is -0.116. The Hall–Kier alpha value is -1.82. The summed E-state index contributed by atoms with van der Waals surface area (Å²) in [5, 5.41) is 11.4. The fourth-order valence-corrected chi connectivity index (χ4v) is 1.78. The van der Waals surface area contributed by atoms with Crippen molar-refractivity contribution >= 4 is 11.6 Å². The number of rotatable bonds is 3. The van der Waals surface area contributed by atoms with Crippen molar-refractivity contribution in [3.05, 3.63) is 28.3 Å². The van der Waals surface area contributed by atoms with E-state index < -0.39 is 0 Å². The van der Waals surface area contributed by atoms with Gasteiger partial charge in [0, 0.05) is 18.5 Å². The molecule has 0 aliphatic rings. The molecule has 0 heterocycles. The fourth-order valence-electron chi connectivity index (χ4n) is 1.78. The summed E-state index contributed by atoms with van der Waals surface area (Å²) < 4.78 is 0. The molecule has 1 rings (SSSR count). The van der Waals surface area contributed by atoms with Crippen LogP contribution in [-0.2, 0) is 4.79 Å². The fraction of sp³-hybridized carbons (Fsp3) is 0.429. The van der Waals surface area contributed by atoms with Gasteiger partial charge in [-0.2, -0.15) is 5.26 Å². The van der Waals surface area contributed by atoms with Crippen LogP contribution in [0.5, 0.6) is 0 Å². The van der Waals surface area contributed by atoms with E-state index in [1.54, 1.807) is 0 Å². The molecule has 0 aromatic heterocycles. The summed E-state index contributed by atoms with van der Waals surface area (Å²) in [5.74, 6) is -0.0947. The highest BCUT2D eigenvalue weighted by Crippen LogP contribution is 2.26. The number of benzene rings is 1. The molecule has 0 unspecified atom stereocenters. The number of carbonyl (C=O) groups excluding carboxylic acids is 1. The topological polar surface area (TPSA) is 52.9 Å². The normalized spacial score (nSPS) is 9.82. The van der Waals surface area contributed by atoms with E-state index in [-0.39, 0.29) is 18.7 Å². The quantitative estimate of drug-likeness (QED) is 0.867. The van der Waals surface area contributed by atoms with Gasteiger partial charge in [0.25, 0.3) is 0 Å². The van der Waals surface area contributed by atoms with E-state index in [9.17, 15) is 4.79 Å². The molecule has 0 saturated heterocycles. The minimum atomic E-state index is -0.0947. The van der Waals surface area contributed by atoms with Gasteiger partial charge in [-0.1, -0.05) is 6.07 Å². The summed E-state index contributed by atoms with van der Waals surface area (Å²) in [4.78, 5) is 11.6. The summed E-state index contributed by atoms with van der Waals surface area (Å²) in [6.45, 7) is 8.07. The SMILES string of the molecule is Cc1cc(C)c(C)c(NC(=O)CCC#N)c1C. The van der Waals surface area contributed by atoms with Crippen LogP contribution in [0.15, 0.2) is 6.07 Å². The van der Waals surface area contributed by atoms with Crippen LogP contribution in [0.3, 0.4) is 0 Å². The van der Waals surface area contributed by atoms with Crippen molar-refractivity contribution < 1.29 is 4.79 Å². The van der Waals surface area contributed by atoms with Gasteiger partial charge in [0.15, 0.2) is 0 Å². The average molecular weight is 230 g/mol. The van der Waals surface area contributed by atoms with Gasteiger partial charge in [-0.05, 0) is 49.9 Å². The van der Waals surface area contributed by atoms with Crippen LogP contribution >= 0.6 is 0 Å². The lowest BCUT2D eigenvalue weighted by Crippen LogP contribution is -2.14. The van der Waals surface area contributed by atoms with E-state index in [0.29, 0.717) is 0 Å². The van der Waals surface area contributed by atoms with Crippen LogP contribution in [0.2, 0.25) is 0 Å². The largest absolute Gasteiger partial charge is 0.326 e. The number of nitriles is 1. The standard InChI is InChI=1S/C14H18N2O/c1-9-8-10(2)12(4)14(11(9)3)16-13(17)6-5-7-15/h8H,5-6H2,1-4H3,(H,16,17). The third kappa shape index (κ3) is 3.07. The van der Waals surface area contributed by atoms with Crippen LogP contribution < -0.4 is 5.32 Å². The molecule has 0 spiro atoms. The van der Waals surface area contributed by atoms with Crippen LogP contribution in [0.1, 0.15) is 35.1 Å². The van der Waals surface area contributed by atoms with Gasteiger partial charge in [0.05, 0.1) is 6.07 Å². The summed E-state index contributed by atoms with van der Waals surface area (Å²) in [6.07, 6.45) is 0.511. The molecule has 3 heteroatoms. The lowest BCUT2D eigenvalue weighted by atomic mass is 9.98. The lowest BCUT2D eigenvalue weighted by Gasteiger charge is -2.15. The van der Waals surface area contributed by atoms with Crippen LogP contribution in [0.4, 0.5) is 5.69 Å². The van der Waals surface area contributed by atoms with Crippen molar-refractivity contribution in [2.45, 2.75) is 40.5 Å². The van der Waals surface area contributed by atoms with Crippen molar-refractivity contribution in [3.63, 3.8) is 0 Å². The Balaban J connectivity index is 2.99. The molecule has 0 aliphatic carbocycles. The van der Waals surface area contributed by atoms with Crippen LogP contribution in [0, 0.1) is 39.0 Å². The summed E-state index contributed by atoms with van der Waals surface area (Å²) in [5.41, 5.74) is 5.43. The van der Waals surface area contributed by atoms with Gasteiger partial charge < -0.3 is 5.32 Å². The maximum atomic E-state index is 11.6. The first-order valence-corrected chi connectivity index (χ1v) is 5.71. The zero-order chi connectivity index (χ0) is 13.0. The third-order valence-electron chi connectivity index (χ3n) is 3.09. The van der Waals surface area contributed by atoms with Crippen molar-refractivity contribution in [1.29, 1.82) is 5.26 Å². The molecule has 1 N–H and O–H groups in total. The Morgan fingerprint density at radius 2 is 1.76 bits per heavy atom. The maximum absolute atomic E-state index is 11.6. The Labute approximate surface area is 102 Å². The van der Waals surface area contributed by atoms with Gasteiger partial charge in [0.1, 0.15) is 0 Å². The Morgan fingerprint density at radius 3 is 2.24 bits per heavy atom. The third-order valence-corrected chi connectivity index (χ3v) is 3.09. The minimum absolute atomic E-state index is 0.0947. The van der Waals surface area contributed by atoms with Gasteiger partial charge >= 0.3 is 0 Å². The molecule has 0 bridgehead atoms. The number of amides is 1. The number of hydrogen-bond donors (Lipinski definition) is 1. The molecular weight excluding hydrogens is 212 g/mol. The molecule has 1 amide bonds. The predicted octanol–water partition coefficient (Wildman–Crippen LogP) is 3.16. The molecule has 1 aromatic rings. The first-order valence-electron chi connectivity index (χ1n) is 5.71. The van der Waals surface area contributed by atoms with Crippen LogP contribution in [-0.4, -0.2) is 5.91 Å². The maximum Gasteiger partial charge on any atom is 0.225 e. The van der Waals surface area contributed by atoms with Crippen molar-refractivity contribution in [1.82, 2.24) is 0 Å². The highest BCUT2D eigenvalue weighted by Gasteiger charge is 2.10. The number of anilines is 1. The predicted molar refractivity (Wildman–Crippen MR) is 68.9 cm³/mol. The van der Waals surface area contributed by atoms with Gasteiger partial charge in [-0.3, -0.25) is 4.79 Å². The first-order chi connectivity index (χ1) is 7.97. The van der Waals surface area contributed by atoms with Crippen molar-refractivity contribution in [2.75, 3.05) is 5.32 Å². The molecule has 17 heavy (non-hydrogen) atoms. The molecule has 0 fully saturated rings. The molecule has 0 radical (unpaired) electrons. The van der Waals surface area contributed by atoms with Crippen molar-refractivity contribution in [2.24, 2.45) is 0 Å². The van der Waals surface area contributed by atoms with E-state index in [1.807, 2.05) is 33.8 Å². The Morgan fingerprint density at radius 1 is 1.24 bits per heavy atom. The molecule has 90 valence electrons. The zero-order valence-electron chi connectivity index (χ0n) is 10.8. The summed E-state index contributed by atoms with van der Waals surface area (Å²) in [7, 11) is 0. The van der Waals surface area contributed by atoms with E-state index in [1.165, 1.54) is 11.1 Å². The molecule has 3 nitrogen and oxygen atoms in total. The monoisotopic (exact) mass is 230 g/mol. The number of hydrogen-bond acceptors (Lipinski definition) is 2. The highest BCUT2D eigenvalue weighted by atomic mass is 16.1. The van der Waals surface area contributed by atoms with Crippen molar-refractivity contribution in [3.8, 4) is 6.07 Å². The summed E-state index contributed by atoms with van der Waals surface area (Å²) >= 11 is 0. The highest BCUT2D eigenvalue weighted by molar-refractivity contribution is 5.92. The smallest absolute Gasteiger partial charge is 0.225 e. The van der Waals surface area contributed by atoms with E-state index in [0.717, 1.165) is 16.8 Å². The van der Waals surface area contributed by atoms with E-state index in [2.05, 4.69) is 11.4 Å². The van der Waals surface area contributed by atoms with Crippen LogP contribution in [0.25, 0.3) is 0 Å². The molecule has 0 atom stereocenters.